The van der Waals surface area contributed by atoms with Gasteiger partial charge in [-0.25, -0.2) is 0 Å². The van der Waals surface area contributed by atoms with Crippen LogP contribution in [0.25, 0.3) is 0 Å². The van der Waals surface area contributed by atoms with Crippen molar-refractivity contribution in [2.45, 2.75) is 25.7 Å². The average molecular weight is 345 g/mol. The van der Waals surface area contributed by atoms with E-state index in [2.05, 4.69) is 4.90 Å². The quantitative estimate of drug-likeness (QED) is 0.842. The van der Waals surface area contributed by atoms with Gasteiger partial charge >= 0.3 is 0 Å². The van der Waals surface area contributed by atoms with E-state index in [1.807, 2.05) is 30.3 Å². The summed E-state index contributed by atoms with van der Waals surface area (Å²) in [6.45, 7) is 4.34. The van der Waals surface area contributed by atoms with Crippen LogP contribution in [0, 0.1) is 5.41 Å². The molecule has 6 heteroatoms. The molecular weight excluding hydrogens is 318 g/mol. The molecule has 0 radical (unpaired) electrons. The van der Waals surface area contributed by atoms with Crippen LogP contribution in [0.5, 0.6) is 5.75 Å². The second-order valence-corrected chi connectivity index (χ2v) is 7.22. The molecule has 0 bridgehead atoms. The summed E-state index contributed by atoms with van der Waals surface area (Å²) >= 11 is 0. The van der Waals surface area contributed by atoms with Crippen molar-refractivity contribution in [3.05, 3.63) is 30.3 Å². The first-order chi connectivity index (χ1) is 12.1. The number of primary amides is 1. The Balaban J connectivity index is 1.44. The smallest absolute Gasteiger partial charge is 0.237 e. The van der Waals surface area contributed by atoms with Crippen molar-refractivity contribution in [1.29, 1.82) is 0 Å². The van der Waals surface area contributed by atoms with Crippen molar-refractivity contribution in [3.8, 4) is 5.75 Å². The zero-order chi connectivity index (χ0) is 17.7. The molecule has 2 N–H and O–H groups in total. The number of para-hydroxylation sites is 1. The maximum atomic E-state index is 12.0. The average Bonchev–Trinajstić information content (AvgIpc) is 2.61. The lowest BCUT2D eigenvalue weighted by atomic mass is 9.72. The third-order valence-corrected chi connectivity index (χ3v) is 5.43. The molecule has 2 aliphatic rings. The SMILES string of the molecule is NC(=O)CN1CC2(CCC1=O)CCN(CCOc1ccccc1)CC2. The standard InChI is InChI=1S/C19H27N3O3/c20-17(23)14-22-15-19(7-6-18(22)24)8-10-21(11-9-19)12-13-25-16-4-2-1-3-5-16/h1-5H,6-15H2,(H2,20,23). The lowest BCUT2D eigenvalue weighted by Gasteiger charge is -2.47. The largest absolute Gasteiger partial charge is 0.492 e. The number of ether oxygens (including phenoxy) is 1. The summed E-state index contributed by atoms with van der Waals surface area (Å²) in [5.41, 5.74) is 5.43. The van der Waals surface area contributed by atoms with Gasteiger partial charge in [-0.05, 0) is 49.9 Å². The van der Waals surface area contributed by atoms with E-state index < -0.39 is 5.91 Å². The van der Waals surface area contributed by atoms with Crippen LogP contribution >= 0.6 is 0 Å². The molecule has 136 valence electrons. The fourth-order valence-electron chi connectivity index (χ4n) is 3.90. The Kier molecular flexibility index (Phi) is 5.58. The second-order valence-electron chi connectivity index (χ2n) is 7.22. The molecule has 0 aromatic heterocycles. The number of likely N-dealkylation sites (tertiary alicyclic amines) is 2. The summed E-state index contributed by atoms with van der Waals surface area (Å²) in [4.78, 5) is 27.2. The third-order valence-electron chi connectivity index (χ3n) is 5.43. The molecule has 6 nitrogen and oxygen atoms in total. The van der Waals surface area contributed by atoms with Crippen molar-refractivity contribution in [1.82, 2.24) is 9.80 Å². The molecule has 3 rings (SSSR count). The zero-order valence-corrected chi connectivity index (χ0v) is 14.7. The van der Waals surface area contributed by atoms with Crippen LogP contribution in [0.1, 0.15) is 25.7 Å². The van der Waals surface area contributed by atoms with E-state index in [4.69, 9.17) is 10.5 Å². The summed E-state index contributed by atoms with van der Waals surface area (Å²) in [7, 11) is 0. The highest BCUT2D eigenvalue weighted by Gasteiger charge is 2.41. The number of rotatable bonds is 6. The molecule has 1 aromatic carbocycles. The summed E-state index contributed by atoms with van der Waals surface area (Å²) in [6, 6.07) is 9.87. The van der Waals surface area contributed by atoms with Gasteiger partial charge < -0.3 is 15.4 Å². The molecule has 0 atom stereocenters. The molecule has 2 aliphatic heterocycles. The van der Waals surface area contributed by atoms with Crippen LogP contribution in [0.15, 0.2) is 30.3 Å². The van der Waals surface area contributed by atoms with Gasteiger partial charge in [0.05, 0.1) is 6.54 Å². The Hall–Kier alpha value is -2.08. The van der Waals surface area contributed by atoms with Gasteiger partial charge in [0.15, 0.2) is 0 Å². The number of amides is 2. The normalized spacial score (nSPS) is 20.6. The third kappa shape index (κ3) is 4.72. The number of piperidine rings is 2. The van der Waals surface area contributed by atoms with Crippen LogP contribution in [-0.2, 0) is 9.59 Å². The van der Waals surface area contributed by atoms with E-state index in [0.29, 0.717) is 19.6 Å². The predicted octanol–water partition coefficient (Wildman–Crippen LogP) is 1.26. The number of carbonyl (C=O) groups excluding carboxylic acids is 2. The minimum absolute atomic E-state index is 0.0508. The van der Waals surface area contributed by atoms with Gasteiger partial charge in [-0.2, -0.15) is 0 Å². The Morgan fingerprint density at radius 2 is 1.88 bits per heavy atom. The van der Waals surface area contributed by atoms with Crippen molar-refractivity contribution in [2.24, 2.45) is 11.1 Å². The van der Waals surface area contributed by atoms with Crippen LogP contribution in [0.4, 0.5) is 0 Å². The highest BCUT2D eigenvalue weighted by Crippen LogP contribution is 2.40. The van der Waals surface area contributed by atoms with Crippen molar-refractivity contribution in [3.63, 3.8) is 0 Å². The first kappa shape index (κ1) is 17.7. The predicted molar refractivity (Wildman–Crippen MR) is 95.1 cm³/mol. The van der Waals surface area contributed by atoms with Crippen LogP contribution in [-0.4, -0.2) is 60.9 Å². The molecule has 0 unspecified atom stereocenters. The Bertz CT molecular complexity index is 597. The minimum atomic E-state index is -0.430. The summed E-state index contributed by atoms with van der Waals surface area (Å²) in [6.07, 6.45) is 3.57. The topological polar surface area (TPSA) is 75.9 Å². The van der Waals surface area contributed by atoms with E-state index in [9.17, 15) is 9.59 Å². The van der Waals surface area contributed by atoms with Gasteiger partial charge in [0, 0.05) is 19.5 Å². The molecule has 0 aliphatic carbocycles. The van der Waals surface area contributed by atoms with E-state index in [1.54, 1.807) is 4.90 Å². The number of hydrogen-bond acceptors (Lipinski definition) is 4. The van der Waals surface area contributed by atoms with Gasteiger partial charge in [0.25, 0.3) is 0 Å². The van der Waals surface area contributed by atoms with E-state index in [0.717, 1.165) is 44.6 Å². The van der Waals surface area contributed by atoms with Crippen molar-refractivity contribution in [2.75, 3.05) is 39.3 Å². The maximum absolute atomic E-state index is 12.0. The molecule has 1 spiro atoms. The first-order valence-corrected chi connectivity index (χ1v) is 9.03. The van der Waals surface area contributed by atoms with Gasteiger partial charge in [-0.15, -0.1) is 0 Å². The molecule has 2 heterocycles. The number of hydrogen-bond donors (Lipinski definition) is 1. The van der Waals surface area contributed by atoms with Gasteiger partial charge in [0.2, 0.25) is 11.8 Å². The number of nitrogens with two attached hydrogens (primary N) is 1. The Morgan fingerprint density at radius 1 is 1.16 bits per heavy atom. The second kappa shape index (κ2) is 7.87. The molecule has 0 saturated carbocycles. The Morgan fingerprint density at radius 3 is 2.56 bits per heavy atom. The van der Waals surface area contributed by atoms with Gasteiger partial charge in [-0.1, -0.05) is 18.2 Å². The van der Waals surface area contributed by atoms with Crippen LogP contribution in [0.2, 0.25) is 0 Å². The Labute approximate surface area is 148 Å². The summed E-state index contributed by atoms with van der Waals surface area (Å²) in [5.74, 6) is 0.535. The fraction of sp³-hybridized carbons (Fsp3) is 0.579. The number of benzene rings is 1. The van der Waals surface area contributed by atoms with Gasteiger partial charge in [-0.3, -0.25) is 14.5 Å². The highest BCUT2D eigenvalue weighted by atomic mass is 16.5. The molecular formula is C19H27N3O3. The molecule has 1 aromatic rings. The highest BCUT2D eigenvalue weighted by molar-refractivity contribution is 5.84. The lowest BCUT2D eigenvalue weighted by Crippen LogP contribution is -2.53. The first-order valence-electron chi connectivity index (χ1n) is 9.03. The van der Waals surface area contributed by atoms with Gasteiger partial charge in [0.1, 0.15) is 12.4 Å². The summed E-state index contributed by atoms with van der Waals surface area (Å²) in [5, 5.41) is 0. The fourth-order valence-corrected chi connectivity index (χ4v) is 3.90. The molecule has 25 heavy (non-hydrogen) atoms. The molecule has 2 saturated heterocycles. The summed E-state index contributed by atoms with van der Waals surface area (Å²) < 4.78 is 5.77. The monoisotopic (exact) mass is 345 g/mol. The number of nitrogens with zero attached hydrogens (tertiary/aromatic N) is 2. The van der Waals surface area contributed by atoms with E-state index in [-0.39, 0.29) is 17.9 Å². The number of carbonyl (C=O) groups is 2. The van der Waals surface area contributed by atoms with E-state index >= 15 is 0 Å². The lowest BCUT2D eigenvalue weighted by molar-refractivity contribution is -0.142. The van der Waals surface area contributed by atoms with Crippen molar-refractivity contribution < 1.29 is 14.3 Å². The van der Waals surface area contributed by atoms with E-state index in [1.165, 1.54) is 0 Å². The molecule has 2 amide bonds. The van der Waals surface area contributed by atoms with Crippen LogP contribution in [0.3, 0.4) is 0 Å². The van der Waals surface area contributed by atoms with Crippen molar-refractivity contribution >= 4 is 11.8 Å². The zero-order valence-electron chi connectivity index (χ0n) is 14.7. The molecule has 2 fully saturated rings. The minimum Gasteiger partial charge on any atom is -0.492 e. The maximum Gasteiger partial charge on any atom is 0.237 e. The van der Waals surface area contributed by atoms with Crippen LogP contribution < -0.4 is 10.5 Å².